The van der Waals surface area contributed by atoms with E-state index in [0.29, 0.717) is 0 Å². The Labute approximate surface area is 94.0 Å². The number of benzene rings is 1. The van der Waals surface area contributed by atoms with Crippen LogP contribution >= 0.6 is 11.3 Å². The number of hydrogen-bond donors (Lipinski definition) is 1. The second-order valence-electron chi connectivity index (χ2n) is 3.39. The standard InChI is InChI=1S/C12H14N2S/c1-2-6-11-9-15-12(14-11)13-10-7-4-3-5-8-10/h3-5,7-9H,2,6H2,1H3,(H,13,14). The Balaban J connectivity index is 2.05. The summed E-state index contributed by atoms with van der Waals surface area (Å²) in [5.74, 6) is 0. The number of aromatic nitrogens is 1. The molecule has 78 valence electrons. The second-order valence-corrected chi connectivity index (χ2v) is 4.24. The molecule has 2 nitrogen and oxygen atoms in total. The summed E-state index contributed by atoms with van der Waals surface area (Å²) in [5.41, 5.74) is 2.27. The zero-order valence-electron chi connectivity index (χ0n) is 8.73. The van der Waals surface area contributed by atoms with E-state index in [2.05, 4.69) is 22.6 Å². The largest absolute Gasteiger partial charge is 0.332 e. The molecule has 1 aromatic heterocycles. The summed E-state index contributed by atoms with van der Waals surface area (Å²) in [5, 5.41) is 6.39. The van der Waals surface area contributed by atoms with E-state index >= 15 is 0 Å². The van der Waals surface area contributed by atoms with Crippen LogP contribution in [0.15, 0.2) is 35.7 Å². The Kier molecular flexibility index (Phi) is 3.35. The maximum absolute atomic E-state index is 4.50. The highest BCUT2D eigenvalue weighted by molar-refractivity contribution is 7.13. The lowest BCUT2D eigenvalue weighted by Crippen LogP contribution is -1.89. The molecule has 0 unspecified atom stereocenters. The molecule has 0 saturated carbocycles. The van der Waals surface area contributed by atoms with Crippen LogP contribution in [0.5, 0.6) is 0 Å². The number of hydrogen-bond acceptors (Lipinski definition) is 3. The molecular formula is C12H14N2S. The zero-order chi connectivity index (χ0) is 10.5. The Morgan fingerprint density at radius 1 is 1.27 bits per heavy atom. The van der Waals surface area contributed by atoms with Crippen LogP contribution in [0.4, 0.5) is 10.8 Å². The Bertz CT molecular complexity index is 409. The van der Waals surface area contributed by atoms with Gasteiger partial charge in [0.15, 0.2) is 5.13 Å². The molecule has 0 fully saturated rings. The third kappa shape index (κ3) is 2.80. The van der Waals surface area contributed by atoms with Crippen molar-refractivity contribution in [2.75, 3.05) is 5.32 Å². The number of rotatable bonds is 4. The van der Waals surface area contributed by atoms with Crippen molar-refractivity contribution >= 4 is 22.2 Å². The number of nitrogens with one attached hydrogen (secondary N) is 1. The summed E-state index contributed by atoms with van der Waals surface area (Å²) >= 11 is 1.66. The lowest BCUT2D eigenvalue weighted by atomic mass is 10.3. The highest BCUT2D eigenvalue weighted by atomic mass is 32.1. The molecule has 1 N–H and O–H groups in total. The van der Waals surface area contributed by atoms with Crippen molar-refractivity contribution in [3.05, 3.63) is 41.4 Å². The van der Waals surface area contributed by atoms with E-state index in [1.165, 1.54) is 5.69 Å². The predicted molar refractivity (Wildman–Crippen MR) is 65.8 cm³/mol. The molecular weight excluding hydrogens is 204 g/mol. The van der Waals surface area contributed by atoms with Crippen molar-refractivity contribution in [1.29, 1.82) is 0 Å². The van der Waals surface area contributed by atoms with E-state index in [-0.39, 0.29) is 0 Å². The minimum absolute atomic E-state index is 0.977. The van der Waals surface area contributed by atoms with Crippen LogP contribution in [0.3, 0.4) is 0 Å². The quantitative estimate of drug-likeness (QED) is 0.843. The molecule has 0 aliphatic heterocycles. The molecule has 15 heavy (non-hydrogen) atoms. The number of thiazole rings is 1. The molecule has 1 heterocycles. The Hall–Kier alpha value is -1.35. The molecule has 0 bridgehead atoms. The van der Waals surface area contributed by atoms with Gasteiger partial charge in [0, 0.05) is 11.1 Å². The van der Waals surface area contributed by atoms with Crippen molar-refractivity contribution in [2.24, 2.45) is 0 Å². The maximum atomic E-state index is 4.50. The van der Waals surface area contributed by atoms with Gasteiger partial charge in [-0.2, -0.15) is 0 Å². The van der Waals surface area contributed by atoms with E-state index in [1.54, 1.807) is 11.3 Å². The lowest BCUT2D eigenvalue weighted by molar-refractivity contribution is 0.894. The van der Waals surface area contributed by atoms with Crippen LogP contribution in [-0.2, 0) is 6.42 Å². The van der Waals surface area contributed by atoms with Gasteiger partial charge in [0.05, 0.1) is 5.69 Å². The molecule has 0 radical (unpaired) electrons. The summed E-state index contributed by atoms with van der Waals surface area (Å²) in [6, 6.07) is 10.1. The smallest absolute Gasteiger partial charge is 0.187 e. The van der Waals surface area contributed by atoms with Crippen LogP contribution in [0.2, 0.25) is 0 Å². The number of aryl methyl sites for hydroxylation is 1. The average molecular weight is 218 g/mol. The molecule has 1 aromatic carbocycles. The summed E-state index contributed by atoms with van der Waals surface area (Å²) in [6.07, 6.45) is 2.21. The highest BCUT2D eigenvalue weighted by Gasteiger charge is 2.00. The predicted octanol–water partition coefficient (Wildman–Crippen LogP) is 3.84. The first-order valence-electron chi connectivity index (χ1n) is 5.15. The van der Waals surface area contributed by atoms with E-state index in [4.69, 9.17) is 0 Å². The molecule has 0 saturated heterocycles. The van der Waals surface area contributed by atoms with Gasteiger partial charge >= 0.3 is 0 Å². The van der Waals surface area contributed by atoms with Crippen molar-refractivity contribution < 1.29 is 0 Å². The molecule has 2 rings (SSSR count). The highest BCUT2D eigenvalue weighted by Crippen LogP contribution is 2.21. The van der Waals surface area contributed by atoms with Gasteiger partial charge in [-0.1, -0.05) is 31.5 Å². The van der Waals surface area contributed by atoms with Crippen molar-refractivity contribution in [1.82, 2.24) is 4.98 Å². The molecule has 0 atom stereocenters. The van der Waals surface area contributed by atoms with Gasteiger partial charge in [-0.3, -0.25) is 0 Å². The van der Waals surface area contributed by atoms with Gasteiger partial charge in [-0.15, -0.1) is 11.3 Å². The first kappa shape index (κ1) is 10.2. The van der Waals surface area contributed by atoms with Gasteiger partial charge < -0.3 is 5.32 Å². The van der Waals surface area contributed by atoms with Crippen molar-refractivity contribution in [3.63, 3.8) is 0 Å². The molecule has 0 spiro atoms. The monoisotopic (exact) mass is 218 g/mol. The summed E-state index contributed by atoms with van der Waals surface area (Å²) in [6.45, 7) is 2.17. The first-order valence-corrected chi connectivity index (χ1v) is 6.03. The van der Waals surface area contributed by atoms with E-state index in [1.807, 2.05) is 30.3 Å². The summed E-state index contributed by atoms with van der Waals surface area (Å²) in [7, 11) is 0. The normalized spacial score (nSPS) is 10.2. The van der Waals surface area contributed by atoms with Gasteiger partial charge in [-0.25, -0.2) is 4.98 Å². The van der Waals surface area contributed by atoms with E-state index < -0.39 is 0 Å². The van der Waals surface area contributed by atoms with E-state index in [9.17, 15) is 0 Å². The molecule has 2 aromatic rings. The third-order valence-corrected chi connectivity index (χ3v) is 2.89. The molecule has 0 amide bonds. The Morgan fingerprint density at radius 2 is 2.07 bits per heavy atom. The first-order chi connectivity index (χ1) is 7.38. The fraction of sp³-hybridized carbons (Fsp3) is 0.250. The third-order valence-electron chi connectivity index (χ3n) is 2.08. The maximum Gasteiger partial charge on any atom is 0.187 e. The minimum Gasteiger partial charge on any atom is -0.332 e. The van der Waals surface area contributed by atoms with Crippen LogP contribution in [0.1, 0.15) is 19.0 Å². The van der Waals surface area contributed by atoms with Crippen LogP contribution in [0.25, 0.3) is 0 Å². The topological polar surface area (TPSA) is 24.9 Å². The minimum atomic E-state index is 0.977. The van der Waals surface area contributed by atoms with Crippen LogP contribution in [-0.4, -0.2) is 4.98 Å². The van der Waals surface area contributed by atoms with E-state index in [0.717, 1.165) is 23.7 Å². The number of nitrogens with zero attached hydrogens (tertiary/aromatic N) is 1. The number of para-hydroxylation sites is 1. The summed E-state index contributed by atoms with van der Waals surface area (Å²) < 4.78 is 0. The lowest BCUT2D eigenvalue weighted by Gasteiger charge is -2.00. The zero-order valence-corrected chi connectivity index (χ0v) is 9.55. The summed E-state index contributed by atoms with van der Waals surface area (Å²) in [4.78, 5) is 4.50. The SMILES string of the molecule is CCCc1csc(Nc2ccccc2)n1. The van der Waals surface area contributed by atoms with Crippen LogP contribution < -0.4 is 5.32 Å². The number of anilines is 2. The second kappa shape index (κ2) is 4.94. The average Bonchev–Trinajstić information content (AvgIpc) is 2.68. The van der Waals surface area contributed by atoms with Gasteiger partial charge in [-0.05, 0) is 18.6 Å². The van der Waals surface area contributed by atoms with Crippen molar-refractivity contribution in [3.8, 4) is 0 Å². The van der Waals surface area contributed by atoms with Crippen molar-refractivity contribution in [2.45, 2.75) is 19.8 Å². The Morgan fingerprint density at radius 3 is 2.80 bits per heavy atom. The molecule has 3 heteroatoms. The molecule has 0 aliphatic rings. The fourth-order valence-electron chi connectivity index (χ4n) is 1.38. The van der Waals surface area contributed by atoms with Gasteiger partial charge in [0.25, 0.3) is 0 Å². The van der Waals surface area contributed by atoms with Crippen LogP contribution in [0, 0.1) is 0 Å². The molecule has 0 aliphatic carbocycles. The fourth-order valence-corrected chi connectivity index (χ4v) is 2.15. The van der Waals surface area contributed by atoms with Gasteiger partial charge in [0.2, 0.25) is 0 Å². The van der Waals surface area contributed by atoms with Gasteiger partial charge in [0.1, 0.15) is 0 Å².